The van der Waals surface area contributed by atoms with Crippen LogP contribution in [-0.2, 0) is 4.74 Å². The quantitative estimate of drug-likeness (QED) is 0.629. The van der Waals surface area contributed by atoms with Crippen molar-refractivity contribution < 1.29 is 9.84 Å². The topological polar surface area (TPSA) is 41.5 Å². The zero-order valence-electron chi connectivity index (χ0n) is 11.9. The van der Waals surface area contributed by atoms with E-state index in [-0.39, 0.29) is 0 Å². The van der Waals surface area contributed by atoms with E-state index in [1.54, 1.807) is 18.2 Å². The van der Waals surface area contributed by atoms with Gasteiger partial charge in [-0.15, -0.1) is 0 Å². The molecule has 3 nitrogen and oxygen atoms in total. The summed E-state index contributed by atoms with van der Waals surface area (Å²) in [6.07, 6.45) is 4.13. The Kier molecular flexibility index (Phi) is 9.03. The van der Waals surface area contributed by atoms with Crippen LogP contribution in [0.2, 0.25) is 10.0 Å². The summed E-state index contributed by atoms with van der Waals surface area (Å²) in [5.41, 5.74) is 0.723. The second-order valence-electron chi connectivity index (χ2n) is 4.79. The summed E-state index contributed by atoms with van der Waals surface area (Å²) in [6, 6.07) is 5.19. The number of rotatable bonds is 10. The van der Waals surface area contributed by atoms with E-state index < -0.39 is 6.10 Å². The van der Waals surface area contributed by atoms with Crippen LogP contribution in [0.25, 0.3) is 0 Å². The monoisotopic (exact) mass is 319 g/mol. The molecule has 20 heavy (non-hydrogen) atoms. The Morgan fingerprint density at radius 2 is 2.05 bits per heavy atom. The van der Waals surface area contributed by atoms with Crippen LogP contribution in [0.5, 0.6) is 0 Å². The van der Waals surface area contributed by atoms with Crippen molar-refractivity contribution in [3.05, 3.63) is 28.2 Å². The third-order valence-electron chi connectivity index (χ3n) is 2.91. The number of aliphatic hydroxyl groups excluding tert-OH is 1. The summed E-state index contributed by atoms with van der Waals surface area (Å²) < 4.78 is 5.44. The van der Waals surface area contributed by atoms with Gasteiger partial charge in [0.05, 0.1) is 23.4 Å². The van der Waals surface area contributed by atoms with Gasteiger partial charge in [0.1, 0.15) is 0 Å². The minimum Gasteiger partial charge on any atom is -0.389 e. The number of hydrogen-bond donors (Lipinski definition) is 2. The van der Waals surface area contributed by atoms with Gasteiger partial charge in [-0.3, -0.25) is 0 Å². The van der Waals surface area contributed by atoms with Crippen molar-refractivity contribution in [1.82, 2.24) is 0 Å². The molecule has 1 aromatic carbocycles. The second kappa shape index (κ2) is 10.3. The third kappa shape index (κ3) is 7.34. The predicted octanol–water partition coefficient (Wildman–Crippen LogP) is 4.36. The van der Waals surface area contributed by atoms with Crippen molar-refractivity contribution in [1.29, 1.82) is 0 Å². The Morgan fingerprint density at radius 3 is 2.80 bits per heavy atom. The van der Waals surface area contributed by atoms with Crippen molar-refractivity contribution in [3.63, 3.8) is 0 Å². The van der Waals surface area contributed by atoms with Gasteiger partial charge in [-0.2, -0.15) is 0 Å². The van der Waals surface area contributed by atoms with Gasteiger partial charge in [-0.05, 0) is 24.6 Å². The fourth-order valence-corrected chi connectivity index (χ4v) is 2.13. The highest BCUT2D eigenvalue weighted by Crippen LogP contribution is 2.25. The lowest BCUT2D eigenvalue weighted by Crippen LogP contribution is -2.25. The van der Waals surface area contributed by atoms with E-state index in [9.17, 15) is 5.11 Å². The maximum atomic E-state index is 9.81. The Hall–Kier alpha value is -0.480. The zero-order valence-corrected chi connectivity index (χ0v) is 13.4. The largest absolute Gasteiger partial charge is 0.389 e. The van der Waals surface area contributed by atoms with Crippen LogP contribution in [0.3, 0.4) is 0 Å². The number of aliphatic hydroxyl groups is 1. The molecule has 0 saturated carbocycles. The van der Waals surface area contributed by atoms with E-state index in [1.165, 1.54) is 19.3 Å². The first-order valence-corrected chi connectivity index (χ1v) is 7.83. The first-order chi connectivity index (χ1) is 9.63. The molecule has 0 aliphatic carbocycles. The SMILES string of the molecule is CCCCCCOCC(O)CNc1cc(Cl)ccc1Cl. The van der Waals surface area contributed by atoms with Crippen LogP contribution in [0.4, 0.5) is 5.69 Å². The van der Waals surface area contributed by atoms with Gasteiger partial charge < -0.3 is 15.2 Å². The van der Waals surface area contributed by atoms with Gasteiger partial charge in [-0.1, -0.05) is 49.4 Å². The normalized spacial score (nSPS) is 12.4. The van der Waals surface area contributed by atoms with Crippen LogP contribution in [0.1, 0.15) is 32.6 Å². The van der Waals surface area contributed by atoms with Crippen LogP contribution in [0, 0.1) is 0 Å². The number of nitrogens with one attached hydrogen (secondary N) is 1. The number of hydrogen-bond acceptors (Lipinski definition) is 3. The van der Waals surface area contributed by atoms with Gasteiger partial charge in [0.2, 0.25) is 0 Å². The third-order valence-corrected chi connectivity index (χ3v) is 3.47. The number of halogens is 2. The highest BCUT2D eigenvalue weighted by atomic mass is 35.5. The zero-order chi connectivity index (χ0) is 14.8. The summed E-state index contributed by atoms with van der Waals surface area (Å²) in [5.74, 6) is 0. The second-order valence-corrected chi connectivity index (χ2v) is 5.64. The van der Waals surface area contributed by atoms with Crippen molar-refractivity contribution in [2.45, 2.75) is 38.7 Å². The molecule has 0 spiro atoms. The molecular weight excluding hydrogens is 297 g/mol. The molecule has 0 heterocycles. The van der Waals surface area contributed by atoms with Crippen molar-refractivity contribution in [2.24, 2.45) is 0 Å². The van der Waals surface area contributed by atoms with Gasteiger partial charge >= 0.3 is 0 Å². The van der Waals surface area contributed by atoms with Crippen LogP contribution < -0.4 is 5.32 Å². The number of anilines is 1. The van der Waals surface area contributed by atoms with Gasteiger partial charge in [-0.25, -0.2) is 0 Å². The molecule has 1 aromatic rings. The molecule has 0 aliphatic heterocycles. The van der Waals surface area contributed by atoms with E-state index in [4.69, 9.17) is 27.9 Å². The van der Waals surface area contributed by atoms with E-state index in [0.717, 1.165) is 12.1 Å². The van der Waals surface area contributed by atoms with Crippen molar-refractivity contribution in [3.8, 4) is 0 Å². The molecule has 0 aromatic heterocycles. The van der Waals surface area contributed by atoms with Crippen molar-refractivity contribution in [2.75, 3.05) is 25.1 Å². The van der Waals surface area contributed by atoms with E-state index in [2.05, 4.69) is 12.2 Å². The predicted molar refractivity (Wildman–Crippen MR) is 85.9 cm³/mol. The fraction of sp³-hybridized carbons (Fsp3) is 0.600. The van der Waals surface area contributed by atoms with Crippen molar-refractivity contribution >= 4 is 28.9 Å². The minimum atomic E-state index is -0.559. The first kappa shape index (κ1) is 17.6. The summed E-state index contributed by atoms with van der Waals surface area (Å²) in [5, 5.41) is 14.1. The van der Waals surface area contributed by atoms with Crippen LogP contribution >= 0.6 is 23.2 Å². The van der Waals surface area contributed by atoms with E-state index >= 15 is 0 Å². The highest BCUT2D eigenvalue weighted by Gasteiger charge is 2.06. The summed E-state index contributed by atoms with van der Waals surface area (Å²) >= 11 is 11.9. The van der Waals surface area contributed by atoms with Crippen LogP contribution in [0.15, 0.2) is 18.2 Å². The lowest BCUT2D eigenvalue weighted by Gasteiger charge is -2.14. The molecule has 0 radical (unpaired) electrons. The van der Waals surface area contributed by atoms with E-state index in [0.29, 0.717) is 29.8 Å². The number of benzene rings is 1. The molecule has 0 fully saturated rings. The summed E-state index contributed by atoms with van der Waals surface area (Å²) in [6.45, 7) is 3.60. The average molecular weight is 320 g/mol. The molecule has 5 heteroatoms. The molecule has 1 rings (SSSR count). The van der Waals surface area contributed by atoms with Gasteiger partial charge in [0, 0.05) is 18.2 Å². The Bertz CT molecular complexity index is 388. The molecule has 2 N–H and O–H groups in total. The minimum absolute atomic E-state index is 0.331. The molecular formula is C15H23Cl2NO2. The Morgan fingerprint density at radius 1 is 1.25 bits per heavy atom. The molecule has 0 saturated heterocycles. The standard InChI is InChI=1S/C15H23Cl2NO2/c1-2-3-4-5-8-20-11-13(19)10-18-15-9-12(16)6-7-14(15)17/h6-7,9,13,18-19H,2-5,8,10-11H2,1H3. The van der Waals surface area contributed by atoms with Gasteiger partial charge in [0.25, 0.3) is 0 Å². The summed E-state index contributed by atoms with van der Waals surface area (Å²) in [4.78, 5) is 0. The molecule has 114 valence electrons. The molecule has 0 aliphatic rings. The molecule has 1 unspecified atom stereocenters. The van der Waals surface area contributed by atoms with E-state index in [1.807, 2.05) is 0 Å². The maximum Gasteiger partial charge on any atom is 0.0945 e. The summed E-state index contributed by atoms with van der Waals surface area (Å²) in [7, 11) is 0. The fourth-order valence-electron chi connectivity index (χ4n) is 1.77. The first-order valence-electron chi connectivity index (χ1n) is 7.08. The van der Waals surface area contributed by atoms with Gasteiger partial charge in [0.15, 0.2) is 0 Å². The Labute approximate surface area is 131 Å². The van der Waals surface area contributed by atoms with Crippen LogP contribution in [-0.4, -0.2) is 31.0 Å². The molecule has 1 atom stereocenters. The lowest BCUT2D eigenvalue weighted by molar-refractivity contribution is 0.0417. The maximum absolute atomic E-state index is 9.81. The highest BCUT2D eigenvalue weighted by molar-refractivity contribution is 6.35. The Balaban J connectivity index is 2.16. The number of unbranched alkanes of at least 4 members (excludes halogenated alkanes) is 3. The number of ether oxygens (including phenoxy) is 1. The lowest BCUT2D eigenvalue weighted by atomic mass is 10.2. The average Bonchev–Trinajstić information content (AvgIpc) is 2.43. The smallest absolute Gasteiger partial charge is 0.0945 e. The molecule has 0 amide bonds. The molecule has 0 bridgehead atoms.